The van der Waals surface area contributed by atoms with Crippen molar-refractivity contribution >= 4 is 27.5 Å². The predicted octanol–water partition coefficient (Wildman–Crippen LogP) is 2.16. The zero-order chi connectivity index (χ0) is 23.6. The van der Waals surface area contributed by atoms with Crippen LogP contribution in [0.25, 0.3) is 0 Å². The molecule has 10 heteroatoms. The Morgan fingerprint density at radius 1 is 1.06 bits per heavy atom. The number of aromatic nitrogens is 2. The Bertz CT molecular complexity index is 1120. The van der Waals surface area contributed by atoms with Gasteiger partial charge >= 0.3 is 0 Å². The van der Waals surface area contributed by atoms with E-state index in [9.17, 15) is 18.0 Å². The molecule has 9 nitrogen and oxygen atoms in total. The van der Waals surface area contributed by atoms with Crippen molar-refractivity contribution in [2.45, 2.75) is 51.0 Å². The van der Waals surface area contributed by atoms with Gasteiger partial charge in [-0.1, -0.05) is 18.2 Å². The third-order valence-corrected chi connectivity index (χ3v) is 8.57. The van der Waals surface area contributed by atoms with Crippen LogP contribution in [0, 0.1) is 19.8 Å². The van der Waals surface area contributed by atoms with Crippen LogP contribution >= 0.6 is 0 Å². The van der Waals surface area contributed by atoms with E-state index in [4.69, 9.17) is 0 Å². The number of rotatable bonds is 6. The van der Waals surface area contributed by atoms with E-state index in [1.807, 2.05) is 18.2 Å². The minimum atomic E-state index is -3.85. The molecule has 0 unspecified atom stereocenters. The van der Waals surface area contributed by atoms with E-state index in [1.165, 1.54) is 8.99 Å². The zero-order valence-corrected chi connectivity index (χ0v) is 20.0. The van der Waals surface area contributed by atoms with Gasteiger partial charge in [-0.25, -0.2) is 8.42 Å². The number of hydrogen-bond donors (Lipinski definition) is 1. The first-order valence-electron chi connectivity index (χ1n) is 11.4. The lowest BCUT2D eigenvalue weighted by Crippen LogP contribution is -2.44. The predicted molar refractivity (Wildman–Crippen MR) is 124 cm³/mol. The number of nitrogens with one attached hydrogen (secondary N) is 1. The Hall–Kier alpha value is -2.72. The van der Waals surface area contributed by atoms with Gasteiger partial charge < -0.3 is 10.2 Å². The Morgan fingerprint density at radius 3 is 2.45 bits per heavy atom. The molecule has 1 atom stereocenters. The van der Waals surface area contributed by atoms with Gasteiger partial charge in [0.2, 0.25) is 21.8 Å². The van der Waals surface area contributed by atoms with Crippen molar-refractivity contribution in [3.05, 3.63) is 41.7 Å². The number of carbonyl (C=O) groups is 2. The van der Waals surface area contributed by atoms with E-state index >= 15 is 0 Å². The van der Waals surface area contributed by atoms with Crippen molar-refractivity contribution < 1.29 is 18.0 Å². The fraction of sp³-hybridized carbons (Fsp3) is 0.522. The maximum atomic E-state index is 13.6. The van der Waals surface area contributed by atoms with Crippen LogP contribution < -0.4 is 5.32 Å². The van der Waals surface area contributed by atoms with Crippen molar-refractivity contribution in [3.63, 3.8) is 0 Å². The second-order valence-electron chi connectivity index (χ2n) is 8.80. The molecule has 2 fully saturated rings. The number of sulfonamides is 1. The average Bonchev–Trinajstić information content (AvgIpc) is 3.43. The Balaban J connectivity index is 1.49. The van der Waals surface area contributed by atoms with Crippen molar-refractivity contribution in [2.24, 2.45) is 5.92 Å². The minimum absolute atomic E-state index is 0.0320. The van der Waals surface area contributed by atoms with Crippen molar-refractivity contribution in [1.82, 2.24) is 19.0 Å². The topological polar surface area (TPSA) is 105 Å². The van der Waals surface area contributed by atoms with Crippen LogP contribution in [0.5, 0.6) is 0 Å². The first kappa shape index (κ1) is 23.4. The van der Waals surface area contributed by atoms with E-state index in [1.54, 1.807) is 30.9 Å². The van der Waals surface area contributed by atoms with Crippen LogP contribution in [0.2, 0.25) is 0 Å². The fourth-order valence-corrected chi connectivity index (χ4v) is 6.57. The Morgan fingerprint density at radius 2 is 1.76 bits per heavy atom. The summed E-state index contributed by atoms with van der Waals surface area (Å²) in [4.78, 5) is 27.3. The smallest absolute Gasteiger partial charge is 0.246 e. The van der Waals surface area contributed by atoms with Crippen LogP contribution in [0.1, 0.15) is 37.1 Å². The van der Waals surface area contributed by atoms with Crippen molar-refractivity contribution in [2.75, 3.05) is 31.5 Å². The molecule has 178 valence electrons. The molecule has 1 aromatic heterocycles. The molecule has 33 heavy (non-hydrogen) atoms. The summed E-state index contributed by atoms with van der Waals surface area (Å²) in [5.74, 6) is -0.653. The number of para-hydroxylation sites is 1. The molecule has 1 aromatic carbocycles. The van der Waals surface area contributed by atoms with Crippen molar-refractivity contribution in [1.29, 1.82) is 0 Å². The molecule has 0 aliphatic carbocycles. The third-order valence-electron chi connectivity index (χ3n) is 6.45. The highest BCUT2D eigenvalue weighted by Gasteiger charge is 2.36. The third kappa shape index (κ3) is 4.96. The maximum Gasteiger partial charge on any atom is 0.246 e. The quantitative estimate of drug-likeness (QED) is 0.692. The normalized spacial score (nSPS) is 19.6. The summed E-state index contributed by atoms with van der Waals surface area (Å²) < 4.78 is 30.0. The number of piperidine rings is 1. The lowest BCUT2D eigenvalue weighted by atomic mass is 9.99. The van der Waals surface area contributed by atoms with Gasteiger partial charge in [-0.05, 0) is 51.7 Å². The SMILES string of the molecule is Cc1nn(CC(=O)N2CCCC2)c(C)c1S(=O)(=O)N1CCC[C@@H](C(=O)Nc2ccccc2)C1. The van der Waals surface area contributed by atoms with Crippen LogP contribution in [-0.2, 0) is 26.2 Å². The minimum Gasteiger partial charge on any atom is -0.341 e. The molecule has 4 rings (SSSR count). The molecule has 2 aromatic rings. The molecule has 0 saturated carbocycles. The number of benzene rings is 1. The second-order valence-corrected chi connectivity index (χ2v) is 10.7. The lowest BCUT2D eigenvalue weighted by Gasteiger charge is -2.31. The summed E-state index contributed by atoms with van der Waals surface area (Å²) in [7, 11) is -3.85. The molecule has 0 spiro atoms. The molecule has 0 bridgehead atoms. The Kier molecular flexibility index (Phi) is 6.85. The second kappa shape index (κ2) is 9.64. The summed E-state index contributed by atoms with van der Waals surface area (Å²) in [5.41, 5.74) is 1.52. The van der Waals surface area contributed by atoms with Gasteiger partial charge in [0, 0.05) is 31.9 Å². The number of anilines is 1. The molecule has 2 aliphatic heterocycles. The van der Waals surface area contributed by atoms with Crippen LogP contribution in [-0.4, -0.2) is 65.4 Å². The molecule has 2 aliphatic rings. The summed E-state index contributed by atoms with van der Waals surface area (Å²) >= 11 is 0. The average molecular weight is 474 g/mol. The molecular formula is C23H31N5O4S. The van der Waals surface area contributed by atoms with Gasteiger partial charge in [-0.3, -0.25) is 14.3 Å². The number of nitrogens with zero attached hydrogens (tertiary/aromatic N) is 4. The van der Waals surface area contributed by atoms with Gasteiger partial charge in [-0.2, -0.15) is 9.40 Å². The maximum absolute atomic E-state index is 13.6. The molecule has 0 radical (unpaired) electrons. The molecular weight excluding hydrogens is 442 g/mol. The molecule has 1 N–H and O–H groups in total. The summed E-state index contributed by atoms with van der Waals surface area (Å²) in [6.07, 6.45) is 3.23. The van der Waals surface area contributed by atoms with E-state index in [2.05, 4.69) is 10.4 Å². The van der Waals surface area contributed by atoms with Crippen LogP contribution in [0.15, 0.2) is 35.2 Å². The van der Waals surface area contributed by atoms with Gasteiger partial charge in [0.05, 0.1) is 17.3 Å². The summed E-state index contributed by atoms with van der Waals surface area (Å²) in [6, 6.07) is 9.16. The lowest BCUT2D eigenvalue weighted by molar-refractivity contribution is -0.131. The largest absolute Gasteiger partial charge is 0.341 e. The fourth-order valence-electron chi connectivity index (χ4n) is 4.67. The molecule has 2 saturated heterocycles. The van der Waals surface area contributed by atoms with E-state index in [0.29, 0.717) is 36.5 Å². The highest BCUT2D eigenvalue weighted by atomic mass is 32.2. The number of aryl methyl sites for hydroxylation is 1. The molecule has 3 heterocycles. The van der Waals surface area contributed by atoms with Crippen LogP contribution in [0.3, 0.4) is 0 Å². The zero-order valence-electron chi connectivity index (χ0n) is 19.2. The highest BCUT2D eigenvalue weighted by molar-refractivity contribution is 7.89. The number of likely N-dealkylation sites (tertiary alicyclic amines) is 1. The first-order chi connectivity index (χ1) is 15.8. The van der Waals surface area contributed by atoms with Gasteiger partial charge in [0.1, 0.15) is 11.4 Å². The molecule has 2 amide bonds. The standard InChI is InChI=1S/C23H31N5O4S/c1-17-22(18(2)28(25-17)16-21(29)26-12-6-7-13-26)33(31,32)27-14-8-9-19(15-27)23(30)24-20-10-4-3-5-11-20/h3-5,10-11,19H,6-9,12-16H2,1-2H3,(H,24,30)/t19-/m1/s1. The first-order valence-corrected chi connectivity index (χ1v) is 12.9. The number of carbonyl (C=O) groups excluding carboxylic acids is 2. The van der Waals surface area contributed by atoms with E-state index < -0.39 is 15.9 Å². The van der Waals surface area contributed by atoms with E-state index in [0.717, 1.165) is 25.9 Å². The van der Waals surface area contributed by atoms with Crippen LogP contribution in [0.4, 0.5) is 5.69 Å². The summed E-state index contributed by atoms with van der Waals surface area (Å²) in [5, 5.41) is 7.26. The monoisotopic (exact) mass is 473 g/mol. The highest BCUT2D eigenvalue weighted by Crippen LogP contribution is 2.28. The van der Waals surface area contributed by atoms with Gasteiger partial charge in [0.15, 0.2) is 0 Å². The van der Waals surface area contributed by atoms with E-state index in [-0.39, 0.29) is 29.8 Å². The number of hydrogen-bond acceptors (Lipinski definition) is 5. The van der Waals surface area contributed by atoms with Gasteiger partial charge in [-0.15, -0.1) is 0 Å². The number of amides is 2. The summed E-state index contributed by atoms with van der Waals surface area (Å²) in [6.45, 7) is 5.33. The Labute approximate surface area is 194 Å². The van der Waals surface area contributed by atoms with Crippen molar-refractivity contribution in [3.8, 4) is 0 Å². The van der Waals surface area contributed by atoms with Gasteiger partial charge in [0.25, 0.3) is 0 Å².